The van der Waals surface area contributed by atoms with Crippen molar-refractivity contribution < 1.29 is 27.9 Å². The van der Waals surface area contributed by atoms with Crippen molar-refractivity contribution in [3.05, 3.63) is 128 Å². The molecule has 1 fully saturated rings. The third-order valence-corrected chi connectivity index (χ3v) is 15.5. The smallest absolute Gasteiger partial charge is 0.355 e. The number of β-lactam (4-membered cyclic amide) rings is 1. The van der Waals surface area contributed by atoms with Crippen LogP contribution in [0.2, 0.25) is 18.1 Å². The van der Waals surface area contributed by atoms with Crippen LogP contribution in [0.3, 0.4) is 0 Å². The maximum Gasteiger partial charge on any atom is 0.355 e. The zero-order chi connectivity index (χ0) is 38.0. The van der Waals surface area contributed by atoms with Crippen molar-refractivity contribution in [2.45, 2.75) is 77.6 Å². The van der Waals surface area contributed by atoms with Gasteiger partial charge in [0.15, 0.2) is 25.1 Å². The lowest BCUT2D eigenvalue weighted by molar-refractivity contribution is -0.162. The number of rotatable bonds is 14. The predicted octanol–water partition coefficient (Wildman–Crippen LogP) is 8.91. The fourth-order valence-corrected chi connectivity index (χ4v) is 10.5. The molecule has 1 saturated heterocycles. The van der Waals surface area contributed by atoms with Crippen molar-refractivity contribution in [1.82, 2.24) is 9.88 Å². The first-order valence-electron chi connectivity index (χ1n) is 18.3. The van der Waals surface area contributed by atoms with E-state index in [1.54, 1.807) is 41.3 Å². The van der Waals surface area contributed by atoms with E-state index in [4.69, 9.17) is 23.8 Å². The number of azide groups is 1. The van der Waals surface area contributed by atoms with Crippen molar-refractivity contribution >= 4 is 42.6 Å². The highest BCUT2D eigenvalue weighted by atomic mass is 28.4. The van der Waals surface area contributed by atoms with E-state index in [2.05, 4.69) is 35.8 Å². The van der Waals surface area contributed by atoms with Crippen molar-refractivity contribution in [2.75, 3.05) is 0 Å². The summed E-state index contributed by atoms with van der Waals surface area (Å²) in [6, 6.07) is 27.2. The molecule has 0 aromatic heterocycles. The Kier molecular flexibility index (Phi) is 10.4. The summed E-state index contributed by atoms with van der Waals surface area (Å²) in [6.45, 7) is 8.77. The number of nitrogens with zero attached hydrogens (tertiary/aromatic N) is 5. The van der Waals surface area contributed by atoms with E-state index in [0.29, 0.717) is 40.4 Å². The molecule has 276 valence electrons. The first-order chi connectivity index (χ1) is 26.1. The Morgan fingerprint density at radius 2 is 1.67 bits per heavy atom. The SMILES string of the molecule is CC[Si](CC)(CC)O[C@H](C)[C@H]1C(=O)N2C(C(=O)OCc3ccc(N=[N+]=[N-])cc3)=C(c3ccc(COc4ccc5nc6ccc(=O)cc-6oc5c4)cc3)C[C@H]12. The van der Waals surface area contributed by atoms with Gasteiger partial charge >= 0.3 is 5.97 Å². The Labute approximate surface area is 313 Å². The normalized spacial score (nSPS) is 17.3. The van der Waals surface area contributed by atoms with Gasteiger partial charge in [-0.3, -0.25) is 9.59 Å². The number of amides is 1. The molecule has 1 amide bonds. The van der Waals surface area contributed by atoms with E-state index in [-0.39, 0.29) is 48.3 Å². The largest absolute Gasteiger partial charge is 0.489 e. The number of hydrogen-bond acceptors (Lipinski definition) is 9. The second kappa shape index (κ2) is 15.3. The van der Waals surface area contributed by atoms with Crippen LogP contribution in [0.15, 0.2) is 105 Å². The second-order valence-corrected chi connectivity index (χ2v) is 18.5. The zero-order valence-electron chi connectivity index (χ0n) is 30.7. The van der Waals surface area contributed by atoms with Crippen LogP contribution in [0.25, 0.3) is 38.6 Å². The lowest BCUT2D eigenvalue weighted by atomic mass is 9.82. The predicted molar refractivity (Wildman–Crippen MR) is 206 cm³/mol. The van der Waals surface area contributed by atoms with Gasteiger partial charge in [0, 0.05) is 22.7 Å². The molecule has 0 bridgehead atoms. The summed E-state index contributed by atoms with van der Waals surface area (Å²) in [6.07, 6.45) is 0.235. The van der Waals surface area contributed by atoms with Gasteiger partial charge in [-0.25, -0.2) is 9.78 Å². The first-order valence-corrected chi connectivity index (χ1v) is 20.8. The second-order valence-electron chi connectivity index (χ2n) is 13.8. The van der Waals surface area contributed by atoms with Gasteiger partial charge in [-0.1, -0.05) is 74.4 Å². The molecule has 7 rings (SSSR count). The number of hydrogen-bond donors (Lipinski definition) is 0. The van der Waals surface area contributed by atoms with E-state index >= 15 is 0 Å². The van der Waals surface area contributed by atoms with E-state index < -0.39 is 14.3 Å². The lowest BCUT2D eigenvalue weighted by Gasteiger charge is -2.48. The van der Waals surface area contributed by atoms with Crippen LogP contribution in [-0.2, 0) is 32.0 Å². The highest BCUT2D eigenvalue weighted by Crippen LogP contribution is 2.48. The first kappa shape index (κ1) is 36.6. The van der Waals surface area contributed by atoms with Crippen molar-refractivity contribution in [1.29, 1.82) is 0 Å². The topological polar surface area (TPSA) is 157 Å². The van der Waals surface area contributed by atoms with Gasteiger partial charge in [0.25, 0.3) is 0 Å². The molecule has 3 aliphatic heterocycles. The van der Waals surface area contributed by atoms with Crippen LogP contribution in [0.4, 0.5) is 5.69 Å². The van der Waals surface area contributed by atoms with Crippen LogP contribution in [0.5, 0.6) is 5.75 Å². The lowest BCUT2D eigenvalue weighted by Crippen LogP contribution is -2.63. The Morgan fingerprint density at radius 3 is 2.37 bits per heavy atom. The Bertz CT molecular complexity index is 2310. The number of ether oxygens (including phenoxy) is 2. The molecule has 0 saturated carbocycles. The zero-order valence-corrected chi connectivity index (χ0v) is 31.7. The molecule has 54 heavy (non-hydrogen) atoms. The van der Waals surface area contributed by atoms with E-state index in [0.717, 1.165) is 40.4 Å². The number of carbonyl (C=O) groups excluding carboxylic acids is 2. The molecule has 0 radical (unpaired) electrons. The molecule has 13 heteroatoms. The number of aromatic nitrogens is 1. The maximum absolute atomic E-state index is 13.9. The van der Waals surface area contributed by atoms with Gasteiger partial charge in [-0.15, -0.1) is 0 Å². The number of benzene rings is 4. The summed E-state index contributed by atoms with van der Waals surface area (Å²) in [4.78, 5) is 48.5. The van der Waals surface area contributed by atoms with Crippen LogP contribution in [-0.4, -0.2) is 42.2 Å². The van der Waals surface area contributed by atoms with Gasteiger partial charge in [0.2, 0.25) is 5.91 Å². The fraction of sp³-hybridized carbons (Fsp3) is 0.317. The van der Waals surface area contributed by atoms with Crippen LogP contribution >= 0.6 is 0 Å². The van der Waals surface area contributed by atoms with Crippen LogP contribution in [0.1, 0.15) is 50.8 Å². The summed E-state index contributed by atoms with van der Waals surface area (Å²) in [5.74, 6) is -0.0626. The summed E-state index contributed by atoms with van der Waals surface area (Å²) >= 11 is 0. The molecule has 0 unspecified atom stereocenters. The highest BCUT2D eigenvalue weighted by molar-refractivity contribution is 6.73. The van der Waals surface area contributed by atoms with Gasteiger partial charge in [0.05, 0.1) is 18.1 Å². The molecule has 1 aliphatic carbocycles. The average Bonchev–Trinajstić information content (AvgIpc) is 3.53. The Morgan fingerprint density at radius 1 is 0.963 bits per heavy atom. The van der Waals surface area contributed by atoms with Crippen molar-refractivity contribution in [3.63, 3.8) is 0 Å². The third kappa shape index (κ3) is 7.13. The average molecular weight is 744 g/mol. The monoisotopic (exact) mass is 743 g/mol. The minimum Gasteiger partial charge on any atom is -0.489 e. The molecular weight excluding hydrogens is 703 g/mol. The maximum atomic E-state index is 13.9. The Hall–Kier alpha value is -5.75. The van der Waals surface area contributed by atoms with Gasteiger partial charge in [-0.05, 0) is 83.5 Å². The Balaban J connectivity index is 1.10. The minimum atomic E-state index is -1.98. The van der Waals surface area contributed by atoms with E-state index in [1.807, 2.05) is 43.3 Å². The van der Waals surface area contributed by atoms with Gasteiger partial charge in [-0.2, -0.15) is 0 Å². The minimum absolute atomic E-state index is 0.0102. The molecule has 3 heterocycles. The molecule has 3 aromatic carbocycles. The molecule has 12 nitrogen and oxygen atoms in total. The quantitative estimate of drug-likeness (QED) is 0.0208. The van der Waals surface area contributed by atoms with E-state index in [9.17, 15) is 14.4 Å². The number of fused-ring (bicyclic) bond motifs is 3. The molecule has 0 N–H and O–H groups in total. The van der Waals surface area contributed by atoms with Crippen molar-refractivity contribution in [2.24, 2.45) is 11.0 Å². The molecular formula is C41H41N5O7Si. The number of carbonyl (C=O) groups is 2. The van der Waals surface area contributed by atoms with Crippen molar-refractivity contribution in [3.8, 4) is 17.2 Å². The standard InChI is InChI=1S/C41H41N5O7Si/c1-5-54(6-2,7-3)53-25(4)38-35-22-32(39(46(35)40(38)48)41(49)51-24-27-10-14-29(15-11-27)44-45-42)28-12-8-26(9-13-28)23-50-31-17-19-34-37(21-31)52-36-20-30(47)16-18-33(36)43-34/h8-21,25,35,38H,5-7,22-24H2,1-4H3/t25-,35-,38-/m1/s1. The number of esters is 1. The summed E-state index contributed by atoms with van der Waals surface area (Å²) in [5, 5.41) is 3.59. The van der Waals surface area contributed by atoms with Gasteiger partial charge in [0.1, 0.15) is 35.9 Å². The van der Waals surface area contributed by atoms with Crippen LogP contribution in [0, 0.1) is 5.92 Å². The summed E-state index contributed by atoms with van der Waals surface area (Å²) in [7, 11) is -1.98. The molecule has 0 spiro atoms. The molecule has 3 aromatic rings. The molecule has 4 aliphatic rings. The fourth-order valence-electron chi connectivity index (χ4n) is 7.54. The van der Waals surface area contributed by atoms with E-state index in [1.165, 1.54) is 12.1 Å². The summed E-state index contributed by atoms with van der Waals surface area (Å²) < 4.78 is 24.6. The highest BCUT2D eigenvalue weighted by Gasteiger charge is 2.58. The van der Waals surface area contributed by atoms with Gasteiger partial charge < -0.3 is 23.2 Å². The third-order valence-electron chi connectivity index (χ3n) is 10.8. The summed E-state index contributed by atoms with van der Waals surface area (Å²) in [5.41, 5.74) is 14.2. The molecule has 3 atom stereocenters. The van der Waals surface area contributed by atoms with Crippen LogP contribution < -0.4 is 10.2 Å².